The molecule has 0 aliphatic carbocycles. The summed E-state index contributed by atoms with van der Waals surface area (Å²) in [5.41, 5.74) is 1.30. The maximum Gasteiger partial charge on any atom is 0.234 e. The van der Waals surface area contributed by atoms with Crippen molar-refractivity contribution in [3.63, 3.8) is 0 Å². The van der Waals surface area contributed by atoms with E-state index in [0.717, 1.165) is 5.82 Å². The first kappa shape index (κ1) is 19.1. The van der Waals surface area contributed by atoms with Crippen molar-refractivity contribution in [3.8, 4) is 0 Å². The van der Waals surface area contributed by atoms with Gasteiger partial charge in [0.05, 0.1) is 11.4 Å². The second kappa shape index (κ2) is 8.37. The Balaban J connectivity index is 1.75. The van der Waals surface area contributed by atoms with Gasteiger partial charge in [0.15, 0.2) is 10.9 Å². The highest BCUT2D eigenvalue weighted by molar-refractivity contribution is 7.99. The molecule has 0 atom stereocenters. The minimum atomic E-state index is -0.245. The summed E-state index contributed by atoms with van der Waals surface area (Å²) in [6.45, 7) is 1.84. The number of aryl methyl sites for hydroxylation is 1. The first-order chi connectivity index (χ1) is 13.0. The van der Waals surface area contributed by atoms with Crippen LogP contribution in [0.25, 0.3) is 0 Å². The van der Waals surface area contributed by atoms with Crippen LogP contribution < -0.4 is 5.32 Å². The van der Waals surface area contributed by atoms with E-state index < -0.39 is 0 Å². The van der Waals surface area contributed by atoms with Gasteiger partial charge in [-0.15, -0.1) is 10.2 Å². The first-order valence-electron chi connectivity index (χ1n) is 8.13. The van der Waals surface area contributed by atoms with Gasteiger partial charge in [0.1, 0.15) is 5.82 Å². The van der Waals surface area contributed by atoms with Crippen LogP contribution in [-0.2, 0) is 11.8 Å². The van der Waals surface area contributed by atoms with Crippen molar-refractivity contribution in [2.45, 2.75) is 12.1 Å². The molecule has 0 aliphatic heterocycles. The molecule has 1 N–H and O–H groups in total. The smallest absolute Gasteiger partial charge is 0.234 e. The van der Waals surface area contributed by atoms with E-state index in [-0.39, 0.29) is 17.4 Å². The van der Waals surface area contributed by atoms with Crippen LogP contribution in [0.5, 0.6) is 0 Å². The number of carbonyl (C=O) groups excluding carboxylic acids is 2. The molecule has 0 fully saturated rings. The van der Waals surface area contributed by atoms with E-state index >= 15 is 0 Å². The lowest BCUT2D eigenvalue weighted by molar-refractivity contribution is -0.113. The van der Waals surface area contributed by atoms with E-state index in [1.54, 1.807) is 42.5 Å². The van der Waals surface area contributed by atoms with Crippen LogP contribution in [0.15, 0.2) is 53.7 Å². The number of thioether (sulfide) groups is 1. The standard InChI is InChI=1S/C19H17ClN4O2S/c1-12-22-23-19(24(12)2)27-11-17(25)21-16-9-8-14(20)10-15(16)18(26)13-6-4-3-5-7-13/h3-10H,11H2,1-2H3,(H,21,25). The Kier molecular flexibility index (Phi) is 5.93. The summed E-state index contributed by atoms with van der Waals surface area (Å²) in [5.74, 6) is 0.467. The molecule has 0 aliphatic rings. The van der Waals surface area contributed by atoms with Gasteiger partial charge in [0.25, 0.3) is 0 Å². The van der Waals surface area contributed by atoms with E-state index in [4.69, 9.17) is 11.6 Å². The number of rotatable bonds is 6. The number of halogens is 1. The maximum absolute atomic E-state index is 12.8. The molecule has 0 radical (unpaired) electrons. The van der Waals surface area contributed by atoms with Gasteiger partial charge in [-0.3, -0.25) is 9.59 Å². The summed E-state index contributed by atoms with van der Waals surface area (Å²) >= 11 is 7.33. The average molecular weight is 401 g/mol. The molecule has 6 nitrogen and oxygen atoms in total. The third kappa shape index (κ3) is 4.56. The van der Waals surface area contributed by atoms with Gasteiger partial charge in [-0.2, -0.15) is 0 Å². The second-order valence-corrected chi connectivity index (χ2v) is 7.19. The van der Waals surface area contributed by atoms with Gasteiger partial charge in [0, 0.05) is 23.2 Å². The van der Waals surface area contributed by atoms with Gasteiger partial charge in [-0.05, 0) is 25.1 Å². The first-order valence-corrected chi connectivity index (χ1v) is 9.50. The molecule has 3 aromatic rings. The Morgan fingerprint density at radius 1 is 1.15 bits per heavy atom. The zero-order valence-electron chi connectivity index (χ0n) is 14.8. The number of amides is 1. The number of carbonyl (C=O) groups is 2. The number of hydrogen-bond donors (Lipinski definition) is 1. The van der Waals surface area contributed by atoms with Crippen molar-refractivity contribution >= 4 is 40.7 Å². The van der Waals surface area contributed by atoms with Crippen LogP contribution in [-0.4, -0.2) is 32.2 Å². The fraction of sp³-hybridized carbons (Fsp3) is 0.158. The lowest BCUT2D eigenvalue weighted by Crippen LogP contribution is -2.17. The number of aromatic nitrogens is 3. The normalized spacial score (nSPS) is 10.6. The highest BCUT2D eigenvalue weighted by Gasteiger charge is 2.17. The predicted octanol–water partition coefficient (Wildman–Crippen LogP) is 3.74. The number of hydrogen-bond acceptors (Lipinski definition) is 5. The van der Waals surface area contributed by atoms with Gasteiger partial charge in [0.2, 0.25) is 5.91 Å². The van der Waals surface area contributed by atoms with E-state index in [2.05, 4.69) is 15.5 Å². The van der Waals surface area contributed by atoms with E-state index in [9.17, 15) is 9.59 Å². The molecule has 27 heavy (non-hydrogen) atoms. The topological polar surface area (TPSA) is 76.9 Å². The summed E-state index contributed by atoms with van der Waals surface area (Å²) in [7, 11) is 1.84. The number of nitrogens with one attached hydrogen (secondary N) is 1. The van der Waals surface area contributed by atoms with E-state index in [1.807, 2.05) is 24.6 Å². The Labute approximate surface area is 165 Å². The molecule has 0 spiro atoms. The second-order valence-electron chi connectivity index (χ2n) is 5.81. The quantitative estimate of drug-likeness (QED) is 0.503. The molecule has 2 aromatic carbocycles. The molecule has 3 rings (SSSR count). The molecule has 8 heteroatoms. The molecule has 1 heterocycles. The van der Waals surface area contributed by atoms with Gasteiger partial charge < -0.3 is 9.88 Å². The van der Waals surface area contributed by atoms with Crippen molar-refractivity contribution in [1.82, 2.24) is 14.8 Å². The largest absolute Gasteiger partial charge is 0.325 e. The lowest BCUT2D eigenvalue weighted by Gasteiger charge is -2.11. The summed E-state index contributed by atoms with van der Waals surface area (Å²) in [6, 6.07) is 13.7. The maximum atomic E-state index is 12.8. The zero-order valence-corrected chi connectivity index (χ0v) is 16.3. The Hall–Kier alpha value is -2.64. The third-order valence-corrected chi connectivity index (χ3v) is 5.18. The molecular formula is C19H17ClN4O2S. The van der Waals surface area contributed by atoms with Crippen LogP contribution in [0, 0.1) is 6.92 Å². The summed E-state index contributed by atoms with van der Waals surface area (Å²) in [5, 5.41) is 11.8. The van der Waals surface area contributed by atoms with Crippen LogP contribution in [0.2, 0.25) is 5.02 Å². The number of anilines is 1. The zero-order chi connectivity index (χ0) is 19.4. The van der Waals surface area contributed by atoms with E-state index in [0.29, 0.717) is 27.0 Å². The molecule has 0 unspecified atom stereocenters. The Morgan fingerprint density at radius 3 is 2.56 bits per heavy atom. The fourth-order valence-electron chi connectivity index (χ4n) is 2.39. The molecule has 0 saturated heterocycles. The van der Waals surface area contributed by atoms with Crippen molar-refractivity contribution < 1.29 is 9.59 Å². The van der Waals surface area contributed by atoms with Gasteiger partial charge in [-0.25, -0.2) is 0 Å². The monoisotopic (exact) mass is 400 g/mol. The van der Waals surface area contributed by atoms with Crippen LogP contribution >= 0.6 is 23.4 Å². The molecule has 1 amide bonds. The number of nitrogens with zero attached hydrogens (tertiary/aromatic N) is 3. The number of ketones is 1. The Morgan fingerprint density at radius 2 is 1.89 bits per heavy atom. The minimum absolute atomic E-state index is 0.146. The van der Waals surface area contributed by atoms with Crippen molar-refractivity contribution in [1.29, 1.82) is 0 Å². The third-order valence-electron chi connectivity index (χ3n) is 3.92. The summed E-state index contributed by atoms with van der Waals surface area (Å²) in [6.07, 6.45) is 0. The highest BCUT2D eigenvalue weighted by Crippen LogP contribution is 2.24. The molecule has 0 bridgehead atoms. The van der Waals surface area contributed by atoms with Gasteiger partial charge in [-0.1, -0.05) is 53.7 Å². The summed E-state index contributed by atoms with van der Waals surface area (Å²) < 4.78 is 1.81. The molecule has 1 aromatic heterocycles. The Bertz CT molecular complexity index is 989. The number of benzene rings is 2. The SMILES string of the molecule is Cc1nnc(SCC(=O)Nc2ccc(Cl)cc2C(=O)c2ccccc2)n1C. The summed E-state index contributed by atoms with van der Waals surface area (Å²) in [4.78, 5) is 25.2. The molecular weight excluding hydrogens is 384 g/mol. The van der Waals surface area contributed by atoms with Crippen LogP contribution in [0.3, 0.4) is 0 Å². The predicted molar refractivity (Wildman–Crippen MR) is 106 cm³/mol. The molecule has 138 valence electrons. The highest BCUT2D eigenvalue weighted by atomic mass is 35.5. The van der Waals surface area contributed by atoms with E-state index in [1.165, 1.54) is 11.8 Å². The van der Waals surface area contributed by atoms with Crippen LogP contribution in [0.1, 0.15) is 21.7 Å². The van der Waals surface area contributed by atoms with Gasteiger partial charge >= 0.3 is 0 Å². The minimum Gasteiger partial charge on any atom is -0.325 e. The van der Waals surface area contributed by atoms with Crippen molar-refractivity contribution in [2.75, 3.05) is 11.1 Å². The average Bonchev–Trinajstić information content (AvgIpc) is 3.00. The lowest BCUT2D eigenvalue weighted by atomic mass is 10.0. The molecule has 0 saturated carbocycles. The van der Waals surface area contributed by atoms with Crippen molar-refractivity contribution in [3.05, 3.63) is 70.5 Å². The fourth-order valence-corrected chi connectivity index (χ4v) is 3.32. The van der Waals surface area contributed by atoms with Crippen molar-refractivity contribution in [2.24, 2.45) is 7.05 Å². The van der Waals surface area contributed by atoms with Crippen LogP contribution in [0.4, 0.5) is 5.69 Å².